The first kappa shape index (κ1) is 17.5. The maximum absolute atomic E-state index is 12.3. The fourth-order valence-electron chi connectivity index (χ4n) is 1.73. The molecule has 0 aromatic carbocycles. The van der Waals surface area contributed by atoms with E-state index in [4.69, 9.17) is 5.11 Å². The molecule has 1 rings (SSSR count). The zero-order chi connectivity index (χ0) is 16.2. The number of rotatable bonds is 6. The Balaban J connectivity index is 2.74. The molecule has 0 bridgehead atoms. The summed E-state index contributed by atoms with van der Waals surface area (Å²) in [7, 11) is 0. The Labute approximate surface area is 128 Å². The van der Waals surface area contributed by atoms with Gasteiger partial charge in [0.05, 0.1) is 5.75 Å². The number of carboxylic acid groups (broad SMARTS) is 1. The van der Waals surface area contributed by atoms with Crippen LogP contribution in [0.15, 0.2) is 11.5 Å². The number of nitrogens with zero attached hydrogens (tertiary/aromatic N) is 4. The van der Waals surface area contributed by atoms with Crippen molar-refractivity contribution in [2.24, 2.45) is 0 Å². The van der Waals surface area contributed by atoms with Gasteiger partial charge in [-0.25, -0.2) is 0 Å². The molecule has 1 aromatic heterocycles. The first-order valence-electron chi connectivity index (χ1n) is 6.67. The average Bonchev–Trinajstić information content (AvgIpc) is 2.79. The van der Waals surface area contributed by atoms with Gasteiger partial charge in [0.25, 0.3) is 0 Å². The van der Waals surface area contributed by atoms with Crippen molar-refractivity contribution in [2.75, 3.05) is 12.3 Å². The molecular weight excluding hydrogens is 292 g/mol. The van der Waals surface area contributed by atoms with E-state index in [0.29, 0.717) is 5.16 Å². The second-order valence-corrected chi connectivity index (χ2v) is 6.89. The van der Waals surface area contributed by atoms with Gasteiger partial charge in [-0.05, 0) is 34.6 Å². The average molecular weight is 314 g/mol. The predicted molar refractivity (Wildman–Crippen MR) is 80.2 cm³/mol. The van der Waals surface area contributed by atoms with Crippen LogP contribution in [-0.4, -0.2) is 54.5 Å². The van der Waals surface area contributed by atoms with Crippen molar-refractivity contribution >= 4 is 23.6 Å². The first-order chi connectivity index (χ1) is 9.62. The van der Waals surface area contributed by atoms with Gasteiger partial charge >= 0.3 is 5.97 Å². The zero-order valence-corrected chi connectivity index (χ0v) is 13.8. The lowest BCUT2D eigenvalue weighted by molar-refractivity contribution is -0.146. The van der Waals surface area contributed by atoms with E-state index < -0.39 is 11.5 Å². The molecule has 0 unspecified atom stereocenters. The van der Waals surface area contributed by atoms with Crippen LogP contribution in [0.2, 0.25) is 0 Å². The molecule has 0 spiro atoms. The van der Waals surface area contributed by atoms with Gasteiger partial charge in [-0.1, -0.05) is 11.8 Å². The van der Waals surface area contributed by atoms with Crippen LogP contribution in [0.3, 0.4) is 0 Å². The van der Waals surface area contributed by atoms with Crippen LogP contribution in [0.25, 0.3) is 0 Å². The van der Waals surface area contributed by atoms with E-state index in [2.05, 4.69) is 10.2 Å². The fourth-order valence-corrected chi connectivity index (χ4v) is 2.65. The van der Waals surface area contributed by atoms with E-state index in [1.807, 2.05) is 39.2 Å². The van der Waals surface area contributed by atoms with Crippen LogP contribution in [0.4, 0.5) is 0 Å². The molecule has 118 valence electrons. The largest absolute Gasteiger partial charge is 0.480 e. The molecule has 0 saturated heterocycles. The fraction of sp³-hybridized carbons (Fsp3) is 0.692. The minimum Gasteiger partial charge on any atom is -0.480 e. The van der Waals surface area contributed by atoms with Crippen molar-refractivity contribution in [2.45, 2.75) is 51.4 Å². The summed E-state index contributed by atoms with van der Waals surface area (Å²) in [6.45, 7) is 9.14. The highest BCUT2D eigenvalue weighted by Crippen LogP contribution is 2.21. The molecule has 0 aliphatic heterocycles. The number of thioether (sulfide) groups is 1. The summed E-state index contributed by atoms with van der Waals surface area (Å²) < 4.78 is 1.87. The Hall–Kier alpha value is -1.57. The molecule has 1 amide bonds. The van der Waals surface area contributed by atoms with Crippen LogP contribution in [0.1, 0.15) is 40.7 Å². The third kappa shape index (κ3) is 5.04. The molecule has 21 heavy (non-hydrogen) atoms. The van der Waals surface area contributed by atoms with Crippen LogP contribution >= 0.6 is 11.8 Å². The van der Waals surface area contributed by atoms with Crippen LogP contribution in [0.5, 0.6) is 0 Å². The zero-order valence-electron chi connectivity index (χ0n) is 13.0. The Bertz CT molecular complexity index is 508. The molecular formula is C13H22N4O3S. The number of carbonyl (C=O) groups excluding carboxylic acids is 1. The SMILES string of the molecule is CC(C)n1cnnc1SCC(=O)N(CC(=O)O)C(C)(C)C. The molecule has 0 radical (unpaired) electrons. The van der Waals surface area contributed by atoms with Gasteiger partial charge in [0, 0.05) is 11.6 Å². The second-order valence-electron chi connectivity index (χ2n) is 5.95. The first-order valence-corrected chi connectivity index (χ1v) is 7.66. The van der Waals surface area contributed by atoms with Crippen LogP contribution < -0.4 is 0 Å². The van der Waals surface area contributed by atoms with Gasteiger partial charge in [0.15, 0.2) is 5.16 Å². The number of amides is 1. The molecule has 1 aromatic rings. The number of carbonyl (C=O) groups is 2. The lowest BCUT2D eigenvalue weighted by atomic mass is 10.1. The third-order valence-corrected chi connectivity index (χ3v) is 3.77. The Morgan fingerprint density at radius 3 is 2.52 bits per heavy atom. The Kier molecular flexibility index (Phi) is 5.77. The van der Waals surface area contributed by atoms with Gasteiger partial charge < -0.3 is 14.6 Å². The highest BCUT2D eigenvalue weighted by Gasteiger charge is 2.28. The molecule has 0 saturated carbocycles. The summed E-state index contributed by atoms with van der Waals surface area (Å²) in [6.07, 6.45) is 1.62. The Morgan fingerprint density at radius 1 is 1.43 bits per heavy atom. The summed E-state index contributed by atoms with van der Waals surface area (Å²) >= 11 is 1.27. The summed E-state index contributed by atoms with van der Waals surface area (Å²) in [5.41, 5.74) is -0.540. The topological polar surface area (TPSA) is 88.3 Å². The van der Waals surface area contributed by atoms with Crippen molar-refractivity contribution in [3.8, 4) is 0 Å². The molecule has 7 nitrogen and oxygen atoms in total. The molecule has 1 N–H and O–H groups in total. The van der Waals surface area contributed by atoms with Crippen molar-refractivity contribution in [1.29, 1.82) is 0 Å². The maximum Gasteiger partial charge on any atom is 0.323 e. The van der Waals surface area contributed by atoms with Crippen molar-refractivity contribution in [3.05, 3.63) is 6.33 Å². The van der Waals surface area contributed by atoms with Gasteiger partial charge in [-0.2, -0.15) is 0 Å². The van der Waals surface area contributed by atoms with E-state index >= 15 is 0 Å². The lowest BCUT2D eigenvalue weighted by Crippen LogP contribution is -2.49. The second kappa shape index (κ2) is 6.93. The number of carboxylic acids is 1. The highest BCUT2D eigenvalue weighted by atomic mass is 32.2. The highest BCUT2D eigenvalue weighted by molar-refractivity contribution is 7.99. The van der Waals surface area contributed by atoms with Crippen LogP contribution in [-0.2, 0) is 9.59 Å². The monoisotopic (exact) mass is 314 g/mol. The normalized spacial score (nSPS) is 11.7. The van der Waals surface area contributed by atoms with Crippen molar-refractivity contribution in [1.82, 2.24) is 19.7 Å². The number of hydrogen-bond acceptors (Lipinski definition) is 5. The van der Waals surface area contributed by atoms with E-state index in [1.165, 1.54) is 16.7 Å². The minimum absolute atomic E-state index is 0.135. The Morgan fingerprint density at radius 2 is 2.05 bits per heavy atom. The minimum atomic E-state index is -1.02. The van der Waals surface area contributed by atoms with Crippen molar-refractivity contribution in [3.63, 3.8) is 0 Å². The standard InChI is InChI=1S/C13H22N4O3S/c1-9(2)16-8-14-15-12(16)21-7-10(18)17(6-11(19)20)13(3,4)5/h8-9H,6-7H2,1-5H3,(H,19,20). The van der Waals surface area contributed by atoms with Crippen molar-refractivity contribution < 1.29 is 14.7 Å². The molecule has 8 heteroatoms. The smallest absolute Gasteiger partial charge is 0.323 e. The number of aliphatic carboxylic acids is 1. The summed E-state index contributed by atoms with van der Waals surface area (Å²) in [6, 6.07) is 0.204. The quantitative estimate of drug-likeness (QED) is 0.803. The summed E-state index contributed by atoms with van der Waals surface area (Å²) in [4.78, 5) is 24.6. The molecule has 0 aliphatic rings. The molecule has 0 aliphatic carbocycles. The summed E-state index contributed by atoms with van der Waals surface area (Å²) in [5, 5.41) is 17.4. The van der Waals surface area contributed by atoms with Gasteiger partial charge in [0.2, 0.25) is 5.91 Å². The van der Waals surface area contributed by atoms with Gasteiger partial charge in [-0.3, -0.25) is 9.59 Å². The molecule has 0 atom stereocenters. The van der Waals surface area contributed by atoms with Gasteiger partial charge in [0.1, 0.15) is 12.9 Å². The van der Waals surface area contributed by atoms with E-state index in [9.17, 15) is 9.59 Å². The number of aromatic nitrogens is 3. The molecule has 1 heterocycles. The van der Waals surface area contributed by atoms with E-state index in [-0.39, 0.29) is 24.2 Å². The third-order valence-electron chi connectivity index (χ3n) is 2.83. The van der Waals surface area contributed by atoms with Gasteiger partial charge in [-0.15, -0.1) is 10.2 Å². The predicted octanol–water partition coefficient (Wildman–Crippen LogP) is 1.66. The van der Waals surface area contributed by atoms with E-state index in [0.717, 1.165) is 0 Å². The lowest BCUT2D eigenvalue weighted by Gasteiger charge is -2.34. The van der Waals surface area contributed by atoms with Crippen LogP contribution in [0, 0.1) is 0 Å². The maximum atomic E-state index is 12.3. The molecule has 0 fully saturated rings. The summed E-state index contributed by atoms with van der Waals surface area (Å²) in [5.74, 6) is -1.11. The number of hydrogen-bond donors (Lipinski definition) is 1. The van der Waals surface area contributed by atoms with E-state index in [1.54, 1.807) is 6.33 Å².